The second kappa shape index (κ2) is 5.65. The molecule has 0 spiro atoms. The highest BCUT2D eigenvalue weighted by Crippen LogP contribution is 2.27. The summed E-state index contributed by atoms with van der Waals surface area (Å²) in [4.78, 5) is 1.31. The molecule has 2 aromatic rings. The van der Waals surface area contributed by atoms with Crippen molar-refractivity contribution in [2.24, 2.45) is 5.73 Å². The molecule has 17 heavy (non-hydrogen) atoms. The number of hydrogen-bond acceptors (Lipinski definition) is 2. The zero-order valence-corrected chi connectivity index (χ0v) is 13.4. The van der Waals surface area contributed by atoms with Crippen LogP contribution in [-0.2, 0) is 6.42 Å². The summed E-state index contributed by atoms with van der Waals surface area (Å²) in [7, 11) is 0. The SMILES string of the molecule is Cc1cc(Br)ccc1C(N)Cc1ccc(Br)s1. The minimum atomic E-state index is 0.0636. The van der Waals surface area contributed by atoms with E-state index in [9.17, 15) is 0 Å². The van der Waals surface area contributed by atoms with Crippen molar-refractivity contribution in [3.8, 4) is 0 Å². The maximum Gasteiger partial charge on any atom is 0.0701 e. The molecule has 0 aliphatic carbocycles. The number of nitrogens with two attached hydrogens (primary N) is 1. The lowest BCUT2D eigenvalue weighted by Gasteiger charge is -2.14. The molecular formula is C13H13Br2NS. The van der Waals surface area contributed by atoms with Gasteiger partial charge in [-0.25, -0.2) is 0 Å². The van der Waals surface area contributed by atoms with Gasteiger partial charge in [-0.15, -0.1) is 11.3 Å². The van der Waals surface area contributed by atoms with Crippen LogP contribution in [0.15, 0.2) is 38.6 Å². The summed E-state index contributed by atoms with van der Waals surface area (Å²) in [6.07, 6.45) is 0.888. The monoisotopic (exact) mass is 373 g/mol. The van der Waals surface area contributed by atoms with E-state index in [0.717, 1.165) is 14.7 Å². The van der Waals surface area contributed by atoms with Crippen LogP contribution in [0.2, 0.25) is 0 Å². The summed E-state index contributed by atoms with van der Waals surface area (Å²) in [6, 6.07) is 10.5. The molecule has 4 heteroatoms. The van der Waals surface area contributed by atoms with E-state index in [1.54, 1.807) is 11.3 Å². The highest BCUT2D eigenvalue weighted by atomic mass is 79.9. The summed E-state index contributed by atoms with van der Waals surface area (Å²) in [6.45, 7) is 2.10. The maximum absolute atomic E-state index is 6.26. The standard InChI is InChI=1S/C13H13Br2NS/c1-8-6-9(14)2-4-11(8)12(16)7-10-3-5-13(15)17-10/h2-6,12H,7,16H2,1H3. The van der Waals surface area contributed by atoms with Crippen LogP contribution in [0.3, 0.4) is 0 Å². The minimum absolute atomic E-state index is 0.0636. The first-order valence-corrected chi connectivity index (χ1v) is 7.72. The maximum atomic E-state index is 6.26. The first-order valence-electron chi connectivity index (χ1n) is 5.32. The van der Waals surface area contributed by atoms with E-state index in [0.29, 0.717) is 0 Å². The molecule has 90 valence electrons. The molecule has 1 unspecified atom stereocenters. The van der Waals surface area contributed by atoms with Gasteiger partial charge in [0.05, 0.1) is 3.79 Å². The van der Waals surface area contributed by atoms with Gasteiger partial charge in [0, 0.05) is 21.8 Å². The molecule has 0 saturated carbocycles. The molecule has 0 radical (unpaired) electrons. The molecule has 0 bridgehead atoms. The average Bonchev–Trinajstić information content (AvgIpc) is 2.63. The van der Waals surface area contributed by atoms with Crippen molar-refractivity contribution < 1.29 is 0 Å². The lowest BCUT2D eigenvalue weighted by Crippen LogP contribution is -2.14. The van der Waals surface area contributed by atoms with Crippen molar-refractivity contribution in [3.05, 3.63) is 54.6 Å². The minimum Gasteiger partial charge on any atom is -0.324 e. The fourth-order valence-electron chi connectivity index (χ4n) is 1.84. The van der Waals surface area contributed by atoms with Crippen molar-refractivity contribution in [3.63, 3.8) is 0 Å². The Kier molecular flexibility index (Phi) is 4.42. The molecule has 1 nitrogen and oxygen atoms in total. The summed E-state index contributed by atoms with van der Waals surface area (Å²) < 4.78 is 2.26. The third kappa shape index (κ3) is 3.41. The van der Waals surface area contributed by atoms with Gasteiger partial charge in [-0.1, -0.05) is 22.0 Å². The van der Waals surface area contributed by atoms with Gasteiger partial charge in [-0.05, 0) is 58.2 Å². The summed E-state index contributed by atoms with van der Waals surface area (Å²) in [5.74, 6) is 0. The molecular weight excluding hydrogens is 362 g/mol. The molecule has 0 aliphatic rings. The molecule has 1 aromatic heterocycles. The van der Waals surface area contributed by atoms with Crippen molar-refractivity contribution in [2.45, 2.75) is 19.4 Å². The van der Waals surface area contributed by atoms with Crippen LogP contribution in [0.5, 0.6) is 0 Å². The Labute approximate surface area is 122 Å². The van der Waals surface area contributed by atoms with E-state index in [2.05, 4.69) is 63.0 Å². The second-order valence-electron chi connectivity index (χ2n) is 4.02. The van der Waals surface area contributed by atoms with Crippen molar-refractivity contribution >= 4 is 43.2 Å². The van der Waals surface area contributed by atoms with E-state index in [4.69, 9.17) is 5.73 Å². The Balaban J connectivity index is 2.17. The molecule has 2 N–H and O–H groups in total. The predicted molar refractivity (Wildman–Crippen MR) is 81.5 cm³/mol. The highest BCUT2D eigenvalue weighted by molar-refractivity contribution is 9.11. The van der Waals surface area contributed by atoms with Gasteiger partial charge >= 0.3 is 0 Å². The quantitative estimate of drug-likeness (QED) is 0.818. The third-order valence-electron chi connectivity index (χ3n) is 2.68. The van der Waals surface area contributed by atoms with E-state index in [1.807, 2.05) is 6.07 Å². The average molecular weight is 375 g/mol. The number of hydrogen-bond donors (Lipinski definition) is 1. The van der Waals surface area contributed by atoms with Gasteiger partial charge in [0.25, 0.3) is 0 Å². The Hall–Kier alpha value is -0.160. The van der Waals surface area contributed by atoms with E-state index >= 15 is 0 Å². The first kappa shape index (κ1) is 13.3. The Morgan fingerprint density at radius 2 is 2.00 bits per heavy atom. The first-order chi connectivity index (χ1) is 8.06. The van der Waals surface area contributed by atoms with Crippen LogP contribution in [0.4, 0.5) is 0 Å². The van der Waals surface area contributed by atoms with Crippen LogP contribution in [-0.4, -0.2) is 0 Å². The van der Waals surface area contributed by atoms with Crippen LogP contribution >= 0.6 is 43.2 Å². The van der Waals surface area contributed by atoms with Crippen LogP contribution in [0, 0.1) is 6.92 Å². The summed E-state index contributed by atoms with van der Waals surface area (Å²) >= 11 is 8.69. The van der Waals surface area contributed by atoms with E-state index in [-0.39, 0.29) is 6.04 Å². The van der Waals surface area contributed by atoms with Gasteiger partial charge in [0.15, 0.2) is 0 Å². The molecule has 1 aromatic carbocycles. The van der Waals surface area contributed by atoms with Crippen molar-refractivity contribution in [1.82, 2.24) is 0 Å². The number of aryl methyl sites for hydroxylation is 1. The highest BCUT2D eigenvalue weighted by Gasteiger charge is 2.11. The second-order valence-corrected chi connectivity index (χ2v) is 7.48. The van der Waals surface area contributed by atoms with Crippen molar-refractivity contribution in [1.29, 1.82) is 0 Å². The Morgan fingerprint density at radius 1 is 1.24 bits per heavy atom. The molecule has 0 aliphatic heterocycles. The fourth-order valence-corrected chi connectivity index (χ4v) is 3.86. The largest absolute Gasteiger partial charge is 0.324 e. The van der Waals surface area contributed by atoms with Crippen LogP contribution in [0.25, 0.3) is 0 Å². The molecule has 0 fully saturated rings. The molecule has 0 saturated heterocycles. The van der Waals surface area contributed by atoms with Gasteiger partial charge in [0.2, 0.25) is 0 Å². The van der Waals surface area contributed by atoms with Gasteiger partial charge in [0.1, 0.15) is 0 Å². The van der Waals surface area contributed by atoms with Crippen molar-refractivity contribution in [2.75, 3.05) is 0 Å². The van der Waals surface area contributed by atoms with Gasteiger partial charge in [-0.3, -0.25) is 0 Å². The smallest absolute Gasteiger partial charge is 0.0701 e. The zero-order valence-electron chi connectivity index (χ0n) is 9.41. The number of benzene rings is 1. The van der Waals surface area contributed by atoms with Gasteiger partial charge < -0.3 is 5.73 Å². The predicted octanol–water partition coefficient (Wildman–Crippen LogP) is 4.82. The number of rotatable bonds is 3. The lowest BCUT2D eigenvalue weighted by atomic mass is 9.99. The molecule has 1 heterocycles. The summed E-state index contributed by atoms with van der Waals surface area (Å²) in [5, 5.41) is 0. The summed E-state index contributed by atoms with van der Waals surface area (Å²) in [5.41, 5.74) is 8.72. The topological polar surface area (TPSA) is 26.0 Å². The van der Waals surface area contributed by atoms with Gasteiger partial charge in [-0.2, -0.15) is 0 Å². The lowest BCUT2D eigenvalue weighted by molar-refractivity contribution is 0.724. The number of thiophene rings is 1. The Bertz CT molecular complexity index is 522. The van der Waals surface area contributed by atoms with Crippen LogP contribution < -0.4 is 5.73 Å². The fraction of sp³-hybridized carbons (Fsp3) is 0.231. The van der Waals surface area contributed by atoms with E-state index in [1.165, 1.54) is 16.0 Å². The Morgan fingerprint density at radius 3 is 2.59 bits per heavy atom. The molecule has 0 amide bonds. The van der Waals surface area contributed by atoms with E-state index < -0.39 is 0 Å². The number of halogens is 2. The zero-order chi connectivity index (χ0) is 12.4. The normalized spacial score (nSPS) is 12.7. The molecule has 2 rings (SSSR count). The van der Waals surface area contributed by atoms with Crippen LogP contribution in [0.1, 0.15) is 22.0 Å². The third-order valence-corrected chi connectivity index (χ3v) is 4.82. The molecule has 1 atom stereocenters.